The maximum atomic E-state index is 11.9. The lowest BCUT2D eigenvalue weighted by molar-refractivity contribution is 0.0724. The fourth-order valence-electron chi connectivity index (χ4n) is 1.86. The van der Waals surface area contributed by atoms with Crippen molar-refractivity contribution in [2.45, 2.75) is 47.0 Å². The van der Waals surface area contributed by atoms with Gasteiger partial charge in [0.2, 0.25) is 0 Å². The molecule has 1 fully saturated rings. The van der Waals surface area contributed by atoms with Gasteiger partial charge in [-0.05, 0) is 31.4 Å². The summed E-state index contributed by atoms with van der Waals surface area (Å²) in [5.41, 5.74) is 0.814. The van der Waals surface area contributed by atoms with Crippen LogP contribution in [0.5, 0.6) is 0 Å². The van der Waals surface area contributed by atoms with Crippen LogP contribution in [-0.2, 0) is 0 Å². The molecule has 0 radical (unpaired) electrons. The molecule has 0 aromatic heterocycles. The van der Waals surface area contributed by atoms with Crippen molar-refractivity contribution in [3.63, 3.8) is 0 Å². The molecule has 2 nitrogen and oxygen atoms in total. The van der Waals surface area contributed by atoms with Gasteiger partial charge in [0.25, 0.3) is 5.91 Å². The van der Waals surface area contributed by atoms with E-state index in [0.29, 0.717) is 0 Å². The highest BCUT2D eigenvalue weighted by molar-refractivity contribution is 5.94. The van der Waals surface area contributed by atoms with Crippen LogP contribution in [0.3, 0.4) is 0 Å². The van der Waals surface area contributed by atoms with E-state index in [0.717, 1.165) is 31.5 Å². The van der Waals surface area contributed by atoms with Crippen molar-refractivity contribution in [2.75, 3.05) is 13.1 Å². The Morgan fingerprint density at radius 2 is 1.39 bits per heavy atom. The van der Waals surface area contributed by atoms with Gasteiger partial charge in [-0.25, -0.2) is 0 Å². The lowest BCUT2D eigenvalue weighted by Crippen LogP contribution is -2.35. The smallest absolute Gasteiger partial charge is 0.253 e. The molecule has 0 atom stereocenters. The number of benzene rings is 1. The molecular formula is C16H27NO. The van der Waals surface area contributed by atoms with Gasteiger partial charge in [-0.3, -0.25) is 4.79 Å². The highest BCUT2D eigenvalue weighted by Gasteiger charge is 2.17. The third-order valence-corrected chi connectivity index (χ3v) is 2.66. The summed E-state index contributed by atoms with van der Waals surface area (Å²) >= 11 is 0. The molecule has 0 spiro atoms. The maximum absolute atomic E-state index is 11.9. The molecule has 0 unspecified atom stereocenters. The Balaban J connectivity index is 0.000000659. The predicted molar refractivity (Wildman–Crippen MR) is 78.9 cm³/mol. The quantitative estimate of drug-likeness (QED) is 0.724. The van der Waals surface area contributed by atoms with Gasteiger partial charge in [0.1, 0.15) is 0 Å². The van der Waals surface area contributed by atoms with E-state index in [1.165, 1.54) is 6.42 Å². The van der Waals surface area contributed by atoms with E-state index in [1.807, 2.05) is 62.9 Å². The second kappa shape index (κ2) is 10.8. The second-order valence-corrected chi connectivity index (χ2v) is 3.72. The van der Waals surface area contributed by atoms with Crippen molar-refractivity contribution in [2.24, 2.45) is 0 Å². The number of carbonyl (C=O) groups excluding carboxylic acids is 1. The highest BCUT2D eigenvalue weighted by atomic mass is 16.2. The Hall–Kier alpha value is -1.31. The molecule has 0 aliphatic carbocycles. The van der Waals surface area contributed by atoms with Crippen LogP contribution in [0, 0.1) is 0 Å². The number of nitrogens with zero attached hydrogens (tertiary/aromatic N) is 1. The minimum absolute atomic E-state index is 0.185. The number of likely N-dealkylation sites (tertiary alicyclic amines) is 1. The summed E-state index contributed by atoms with van der Waals surface area (Å²) in [7, 11) is 0. The first-order valence-electron chi connectivity index (χ1n) is 7.22. The van der Waals surface area contributed by atoms with Gasteiger partial charge >= 0.3 is 0 Å². The van der Waals surface area contributed by atoms with Crippen LogP contribution in [0.1, 0.15) is 57.3 Å². The summed E-state index contributed by atoms with van der Waals surface area (Å²) in [5, 5.41) is 0. The summed E-state index contributed by atoms with van der Waals surface area (Å²) < 4.78 is 0. The lowest BCUT2D eigenvalue weighted by Gasteiger charge is -2.26. The Morgan fingerprint density at radius 1 is 0.889 bits per heavy atom. The van der Waals surface area contributed by atoms with Crippen molar-refractivity contribution < 1.29 is 4.79 Å². The number of piperidine rings is 1. The van der Waals surface area contributed by atoms with Gasteiger partial charge < -0.3 is 4.90 Å². The summed E-state index contributed by atoms with van der Waals surface area (Å²) in [6.07, 6.45) is 3.57. The van der Waals surface area contributed by atoms with Crippen LogP contribution in [0.4, 0.5) is 0 Å². The zero-order valence-electron chi connectivity index (χ0n) is 12.3. The van der Waals surface area contributed by atoms with E-state index in [-0.39, 0.29) is 5.91 Å². The summed E-state index contributed by atoms with van der Waals surface area (Å²) in [6.45, 7) is 9.85. The normalized spacial score (nSPS) is 13.7. The van der Waals surface area contributed by atoms with E-state index in [4.69, 9.17) is 0 Å². The van der Waals surface area contributed by atoms with Crippen LogP contribution in [0.25, 0.3) is 0 Å². The maximum Gasteiger partial charge on any atom is 0.253 e. The molecule has 0 N–H and O–H groups in total. The molecule has 1 aliphatic heterocycles. The SMILES string of the molecule is CC.CC.O=C(c1ccccc1)N1CCCCC1. The van der Waals surface area contributed by atoms with Crippen LogP contribution in [-0.4, -0.2) is 23.9 Å². The van der Waals surface area contributed by atoms with E-state index in [1.54, 1.807) is 0 Å². The fraction of sp³-hybridized carbons (Fsp3) is 0.562. The van der Waals surface area contributed by atoms with Crippen LogP contribution in [0.2, 0.25) is 0 Å². The van der Waals surface area contributed by atoms with E-state index in [9.17, 15) is 4.79 Å². The third-order valence-electron chi connectivity index (χ3n) is 2.66. The molecule has 1 aromatic rings. The molecular weight excluding hydrogens is 222 g/mol. The first-order valence-corrected chi connectivity index (χ1v) is 7.22. The van der Waals surface area contributed by atoms with E-state index in [2.05, 4.69) is 0 Å². The van der Waals surface area contributed by atoms with Crippen molar-refractivity contribution in [1.82, 2.24) is 4.90 Å². The average Bonchev–Trinajstić information content (AvgIpc) is 2.52. The number of hydrogen-bond acceptors (Lipinski definition) is 1. The standard InChI is InChI=1S/C12H15NO.2C2H6/c14-12(11-7-3-1-4-8-11)13-9-5-2-6-10-13;2*1-2/h1,3-4,7-8H,2,5-6,9-10H2;2*1-2H3. The van der Waals surface area contributed by atoms with Crippen molar-refractivity contribution in [3.05, 3.63) is 35.9 Å². The van der Waals surface area contributed by atoms with E-state index < -0.39 is 0 Å². The zero-order valence-corrected chi connectivity index (χ0v) is 12.3. The minimum Gasteiger partial charge on any atom is -0.339 e. The van der Waals surface area contributed by atoms with Crippen LogP contribution >= 0.6 is 0 Å². The van der Waals surface area contributed by atoms with Gasteiger partial charge in [-0.1, -0.05) is 45.9 Å². The van der Waals surface area contributed by atoms with E-state index >= 15 is 0 Å². The fourth-order valence-corrected chi connectivity index (χ4v) is 1.86. The lowest BCUT2D eigenvalue weighted by atomic mass is 10.1. The summed E-state index contributed by atoms with van der Waals surface area (Å²) in [5.74, 6) is 0.185. The second-order valence-electron chi connectivity index (χ2n) is 3.72. The number of carbonyl (C=O) groups is 1. The van der Waals surface area contributed by atoms with Gasteiger partial charge in [-0.15, -0.1) is 0 Å². The number of amides is 1. The molecule has 2 heteroatoms. The zero-order chi connectivity index (χ0) is 13.8. The molecule has 2 rings (SSSR count). The average molecular weight is 249 g/mol. The largest absolute Gasteiger partial charge is 0.339 e. The topological polar surface area (TPSA) is 20.3 Å². The minimum atomic E-state index is 0.185. The molecule has 0 bridgehead atoms. The Bertz CT molecular complexity index is 302. The molecule has 0 saturated carbocycles. The van der Waals surface area contributed by atoms with Gasteiger partial charge in [0.05, 0.1) is 0 Å². The molecule has 1 aromatic carbocycles. The molecule has 1 amide bonds. The molecule has 1 saturated heterocycles. The Labute approximate surface area is 112 Å². The molecule has 1 heterocycles. The third kappa shape index (κ3) is 5.35. The Kier molecular flexibility index (Phi) is 10.0. The predicted octanol–water partition coefficient (Wildman–Crippen LogP) is 4.37. The van der Waals surface area contributed by atoms with Crippen molar-refractivity contribution in [1.29, 1.82) is 0 Å². The van der Waals surface area contributed by atoms with Gasteiger partial charge in [0.15, 0.2) is 0 Å². The number of hydrogen-bond donors (Lipinski definition) is 0. The van der Waals surface area contributed by atoms with Crippen LogP contribution < -0.4 is 0 Å². The highest BCUT2D eigenvalue weighted by Crippen LogP contribution is 2.12. The van der Waals surface area contributed by atoms with Crippen LogP contribution in [0.15, 0.2) is 30.3 Å². The Morgan fingerprint density at radius 3 is 1.89 bits per heavy atom. The van der Waals surface area contributed by atoms with Gasteiger partial charge in [-0.2, -0.15) is 0 Å². The van der Waals surface area contributed by atoms with Gasteiger partial charge in [0, 0.05) is 18.7 Å². The summed E-state index contributed by atoms with van der Waals surface area (Å²) in [6, 6.07) is 9.54. The first-order chi connectivity index (χ1) is 8.88. The summed E-state index contributed by atoms with van der Waals surface area (Å²) in [4.78, 5) is 13.9. The molecule has 102 valence electrons. The number of rotatable bonds is 1. The monoisotopic (exact) mass is 249 g/mol. The van der Waals surface area contributed by atoms with Crippen molar-refractivity contribution >= 4 is 5.91 Å². The van der Waals surface area contributed by atoms with Crippen molar-refractivity contribution in [3.8, 4) is 0 Å². The molecule has 1 aliphatic rings. The first kappa shape index (κ1) is 16.7. The molecule has 18 heavy (non-hydrogen) atoms.